The molecule has 3 N–H and O–H groups in total. The van der Waals surface area contributed by atoms with Crippen LogP contribution in [0.1, 0.15) is 31.1 Å². The molecule has 0 spiro atoms. The van der Waals surface area contributed by atoms with Crippen molar-refractivity contribution in [1.82, 2.24) is 4.98 Å². The molecule has 0 aliphatic carbocycles. The number of nitrogens with two attached hydrogens (primary N) is 1. The maximum absolute atomic E-state index is 11.5. The van der Waals surface area contributed by atoms with Crippen molar-refractivity contribution in [3.8, 4) is 5.75 Å². The Balaban J connectivity index is 2.88. The number of rotatable bonds is 1. The second kappa shape index (κ2) is 3.76. The molecule has 1 rings (SSSR count). The van der Waals surface area contributed by atoms with Gasteiger partial charge in [0.2, 0.25) is 0 Å². The molecule has 0 aliphatic heterocycles. The molecule has 82 valence electrons. The molecule has 1 heterocycles. The molecule has 0 saturated heterocycles. The first-order valence-electron chi connectivity index (χ1n) is 4.47. The van der Waals surface area contributed by atoms with E-state index in [-0.39, 0.29) is 17.1 Å². The Hall–Kier alpha value is -1.78. The number of aromatic nitrogens is 1. The fourth-order valence-electron chi connectivity index (χ4n) is 0.912. The van der Waals surface area contributed by atoms with Crippen molar-refractivity contribution in [2.45, 2.75) is 26.4 Å². The van der Waals surface area contributed by atoms with Gasteiger partial charge in [-0.15, -0.1) is 0 Å². The number of carbonyl (C=O) groups is 1. The molecule has 15 heavy (non-hydrogen) atoms. The number of hydrogen-bond acceptors (Lipinski definition) is 5. The molecule has 0 aromatic carbocycles. The third kappa shape index (κ3) is 3.12. The first-order valence-corrected chi connectivity index (χ1v) is 4.47. The highest BCUT2D eigenvalue weighted by Gasteiger charge is 2.18. The minimum Gasteiger partial charge on any atom is -0.504 e. The molecule has 0 aliphatic rings. The lowest BCUT2D eigenvalue weighted by Crippen LogP contribution is -2.24. The minimum absolute atomic E-state index is 0.0118. The molecular weight excluding hydrogens is 196 g/mol. The van der Waals surface area contributed by atoms with Crippen LogP contribution in [0, 0.1) is 0 Å². The highest BCUT2D eigenvalue weighted by Crippen LogP contribution is 2.19. The molecular formula is C10H14N2O3. The maximum atomic E-state index is 11.5. The highest BCUT2D eigenvalue weighted by atomic mass is 16.6. The van der Waals surface area contributed by atoms with E-state index in [1.165, 1.54) is 12.3 Å². The zero-order chi connectivity index (χ0) is 11.6. The van der Waals surface area contributed by atoms with E-state index in [0.717, 1.165) is 0 Å². The van der Waals surface area contributed by atoms with Crippen molar-refractivity contribution < 1.29 is 14.6 Å². The van der Waals surface area contributed by atoms with E-state index in [1.807, 2.05) is 0 Å². The molecule has 0 saturated carbocycles. The first kappa shape index (κ1) is 11.3. The van der Waals surface area contributed by atoms with Crippen LogP contribution in [0.3, 0.4) is 0 Å². The van der Waals surface area contributed by atoms with Crippen LogP contribution in [0.2, 0.25) is 0 Å². The van der Waals surface area contributed by atoms with Crippen LogP contribution in [-0.2, 0) is 4.74 Å². The first-order chi connectivity index (χ1) is 6.79. The number of esters is 1. The topological polar surface area (TPSA) is 85.4 Å². The van der Waals surface area contributed by atoms with Gasteiger partial charge < -0.3 is 15.6 Å². The third-order valence-electron chi connectivity index (χ3n) is 1.53. The van der Waals surface area contributed by atoms with Crippen molar-refractivity contribution in [2.75, 3.05) is 5.73 Å². The van der Waals surface area contributed by atoms with Gasteiger partial charge in [-0.05, 0) is 26.8 Å². The van der Waals surface area contributed by atoms with Crippen LogP contribution in [0.4, 0.5) is 5.82 Å². The Morgan fingerprint density at radius 2 is 2.13 bits per heavy atom. The van der Waals surface area contributed by atoms with Crippen LogP contribution < -0.4 is 5.73 Å². The quantitative estimate of drug-likeness (QED) is 0.683. The molecule has 0 atom stereocenters. The van der Waals surface area contributed by atoms with Gasteiger partial charge in [0.15, 0.2) is 11.6 Å². The van der Waals surface area contributed by atoms with E-state index in [2.05, 4.69) is 4.98 Å². The number of nitrogens with zero attached hydrogens (tertiary/aromatic N) is 1. The van der Waals surface area contributed by atoms with Crippen molar-refractivity contribution in [2.24, 2.45) is 0 Å². The summed E-state index contributed by atoms with van der Waals surface area (Å²) in [5.41, 5.74) is 4.90. The van der Waals surface area contributed by atoms with E-state index in [1.54, 1.807) is 20.8 Å². The Kier molecular flexibility index (Phi) is 2.83. The van der Waals surface area contributed by atoms with Crippen LogP contribution >= 0.6 is 0 Å². The number of anilines is 1. The minimum atomic E-state index is -0.575. The number of pyridine rings is 1. The van der Waals surface area contributed by atoms with Gasteiger partial charge in [-0.1, -0.05) is 0 Å². The van der Waals surface area contributed by atoms with Crippen LogP contribution in [0.25, 0.3) is 0 Å². The molecule has 1 aromatic heterocycles. The third-order valence-corrected chi connectivity index (χ3v) is 1.53. The SMILES string of the molecule is CC(C)(C)OC(=O)c1cnc(N)c(O)c1. The van der Waals surface area contributed by atoms with E-state index in [4.69, 9.17) is 10.5 Å². The highest BCUT2D eigenvalue weighted by molar-refractivity contribution is 5.90. The smallest absolute Gasteiger partial charge is 0.340 e. The number of carbonyl (C=O) groups excluding carboxylic acids is 1. The predicted octanol–water partition coefficient (Wildman–Crippen LogP) is 1.32. The predicted molar refractivity (Wildman–Crippen MR) is 55.5 cm³/mol. The molecule has 1 aromatic rings. The van der Waals surface area contributed by atoms with E-state index < -0.39 is 11.6 Å². The Morgan fingerprint density at radius 1 is 1.53 bits per heavy atom. The van der Waals surface area contributed by atoms with Gasteiger partial charge in [0.05, 0.1) is 5.56 Å². The van der Waals surface area contributed by atoms with Crippen LogP contribution in [-0.4, -0.2) is 21.7 Å². The summed E-state index contributed by atoms with van der Waals surface area (Å²) in [4.78, 5) is 15.2. The van der Waals surface area contributed by atoms with Crippen LogP contribution in [0.5, 0.6) is 5.75 Å². The number of nitrogen functional groups attached to an aromatic ring is 1. The second-order valence-electron chi connectivity index (χ2n) is 4.13. The summed E-state index contributed by atoms with van der Waals surface area (Å²) in [5.74, 6) is -0.772. The molecule has 0 bridgehead atoms. The lowest BCUT2D eigenvalue weighted by Gasteiger charge is -2.19. The molecule has 0 radical (unpaired) electrons. The monoisotopic (exact) mass is 210 g/mol. The Bertz CT molecular complexity index is 383. The Labute approximate surface area is 87.9 Å². The Morgan fingerprint density at radius 3 is 2.60 bits per heavy atom. The average molecular weight is 210 g/mol. The maximum Gasteiger partial charge on any atom is 0.340 e. The molecule has 0 unspecified atom stereocenters. The van der Waals surface area contributed by atoms with Gasteiger partial charge >= 0.3 is 5.97 Å². The van der Waals surface area contributed by atoms with Gasteiger partial charge in [0.25, 0.3) is 0 Å². The van der Waals surface area contributed by atoms with Gasteiger partial charge in [-0.3, -0.25) is 0 Å². The lowest BCUT2D eigenvalue weighted by molar-refractivity contribution is 0.00687. The lowest BCUT2D eigenvalue weighted by atomic mass is 10.2. The normalized spacial score (nSPS) is 11.1. The summed E-state index contributed by atoms with van der Waals surface area (Å²) in [6.07, 6.45) is 1.27. The zero-order valence-electron chi connectivity index (χ0n) is 8.94. The summed E-state index contributed by atoms with van der Waals surface area (Å²) in [6, 6.07) is 1.23. The van der Waals surface area contributed by atoms with Gasteiger partial charge in [0.1, 0.15) is 5.60 Å². The summed E-state index contributed by atoms with van der Waals surface area (Å²) < 4.78 is 5.09. The van der Waals surface area contributed by atoms with Crippen molar-refractivity contribution in [1.29, 1.82) is 0 Å². The van der Waals surface area contributed by atoms with E-state index >= 15 is 0 Å². The summed E-state index contributed by atoms with van der Waals surface area (Å²) in [5, 5.41) is 9.25. The van der Waals surface area contributed by atoms with Crippen molar-refractivity contribution >= 4 is 11.8 Å². The average Bonchev–Trinajstić information content (AvgIpc) is 2.06. The van der Waals surface area contributed by atoms with Gasteiger partial charge in [-0.2, -0.15) is 0 Å². The fourth-order valence-corrected chi connectivity index (χ4v) is 0.912. The molecule has 0 fully saturated rings. The summed E-state index contributed by atoms with van der Waals surface area (Å²) in [7, 11) is 0. The van der Waals surface area contributed by atoms with Crippen molar-refractivity contribution in [3.63, 3.8) is 0 Å². The molecule has 5 heteroatoms. The molecule has 5 nitrogen and oxygen atoms in total. The second-order valence-corrected chi connectivity index (χ2v) is 4.13. The number of hydrogen-bond donors (Lipinski definition) is 2. The molecule has 0 amide bonds. The standard InChI is InChI=1S/C10H14N2O3/c1-10(2,3)15-9(14)6-4-7(13)8(11)12-5-6/h4-5,13H,1-3H3,(H2,11,12). The summed E-state index contributed by atoms with van der Waals surface area (Å²) in [6.45, 7) is 5.28. The van der Waals surface area contributed by atoms with Crippen LogP contribution in [0.15, 0.2) is 12.3 Å². The number of aromatic hydroxyl groups is 1. The van der Waals surface area contributed by atoms with Gasteiger partial charge in [0, 0.05) is 6.20 Å². The van der Waals surface area contributed by atoms with E-state index in [0.29, 0.717) is 0 Å². The van der Waals surface area contributed by atoms with Crippen molar-refractivity contribution in [3.05, 3.63) is 17.8 Å². The largest absolute Gasteiger partial charge is 0.504 e. The number of ether oxygens (including phenoxy) is 1. The van der Waals surface area contributed by atoms with Gasteiger partial charge in [-0.25, -0.2) is 9.78 Å². The zero-order valence-corrected chi connectivity index (χ0v) is 8.94. The fraction of sp³-hybridized carbons (Fsp3) is 0.400. The summed E-state index contributed by atoms with van der Waals surface area (Å²) >= 11 is 0. The van der Waals surface area contributed by atoms with E-state index in [9.17, 15) is 9.90 Å².